The Kier molecular flexibility index (Phi) is 3.66. The van der Waals surface area contributed by atoms with Crippen molar-refractivity contribution in [3.8, 4) is 5.75 Å². The third kappa shape index (κ3) is 2.26. The summed E-state index contributed by atoms with van der Waals surface area (Å²) in [6.45, 7) is 3.54. The van der Waals surface area contributed by atoms with Crippen molar-refractivity contribution in [3.05, 3.63) is 29.1 Å². The van der Waals surface area contributed by atoms with E-state index in [9.17, 15) is 9.18 Å². The summed E-state index contributed by atoms with van der Waals surface area (Å²) in [5.74, 6) is -1.16. The van der Waals surface area contributed by atoms with E-state index in [-0.39, 0.29) is 17.9 Å². The highest BCUT2D eigenvalue weighted by atomic mass is 19.1. The monoisotopic (exact) mass is 212 g/mol. The molecule has 0 saturated carbocycles. The number of rotatable bonds is 3. The molecule has 1 rings (SSSR count). The average Bonchev–Trinajstić information content (AvgIpc) is 2.22. The first-order valence-corrected chi connectivity index (χ1v) is 4.62. The van der Waals surface area contributed by atoms with Gasteiger partial charge >= 0.3 is 5.97 Å². The normalized spacial score (nSPS) is 9.87. The maximum atomic E-state index is 13.5. The molecule has 0 aliphatic carbocycles. The lowest BCUT2D eigenvalue weighted by molar-refractivity contribution is 0.0521. The van der Waals surface area contributed by atoms with E-state index in [0.717, 1.165) is 0 Å². The minimum absolute atomic E-state index is 0.0616. The van der Waals surface area contributed by atoms with Crippen molar-refractivity contribution in [2.45, 2.75) is 13.8 Å². The Morgan fingerprint density at radius 2 is 2.13 bits per heavy atom. The lowest BCUT2D eigenvalue weighted by atomic mass is 10.1. The van der Waals surface area contributed by atoms with E-state index < -0.39 is 11.8 Å². The van der Waals surface area contributed by atoms with Crippen LogP contribution in [0.1, 0.15) is 22.8 Å². The number of esters is 1. The van der Waals surface area contributed by atoms with Crippen LogP contribution in [0.5, 0.6) is 5.75 Å². The molecular formula is C11H13FO3. The highest BCUT2D eigenvalue weighted by molar-refractivity contribution is 5.92. The van der Waals surface area contributed by atoms with Crippen LogP contribution in [0.4, 0.5) is 4.39 Å². The predicted molar refractivity (Wildman–Crippen MR) is 53.6 cm³/mol. The molecular weight excluding hydrogens is 199 g/mol. The molecule has 15 heavy (non-hydrogen) atoms. The number of methoxy groups -OCH3 is 1. The van der Waals surface area contributed by atoms with E-state index in [2.05, 4.69) is 0 Å². The summed E-state index contributed by atoms with van der Waals surface area (Å²) < 4.78 is 23.2. The van der Waals surface area contributed by atoms with E-state index in [0.29, 0.717) is 5.56 Å². The maximum absolute atomic E-state index is 13.5. The number of carbonyl (C=O) groups is 1. The molecule has 0 fully saturated rings. The zero-order valence-corrected chi connectivity index (χ0v) is 8.96. The number of ether oxygens (including phenoxy) is 2. The fourth-order valence-corrected chi connectivity index (χ4v) is 1.22. The Bertz CT molecular complexity index is 374. The van der Waals surface area contributed by atoms with Crippen molar-refractivity contribution in [2.24, 2.45) is 0 Å². The third-order valence-electron chi connectivity index (χ3n) is 1.99. The fraction of sp³-hybridized carbons (Fsp3) is 0.364. The highest BCUT2D eigenvalue weighted by Gasteiger charge is 2.18. The van der Waals surface area contributed by atoms with Gasteiger partial charge in [0.1, 0.15) is 5.56 Å². The first-order chi connectivity index (χ1) is 7.11. The van der Waals surface area contributed by atoms with E-state index in [1.54, 1.807) is 13.8 Å². The smallest absolute Gasteiger partial charge is 0.342 e. The SMILES string of the molecule is CCOC(=O)c1ccc(C)c(F)c1OC. The number of benzene rings is 1. The molecule has 82 valence electrons. The van der Waals surface area contributed by atoms with Gasteiger partial charge < -0.3 is 9.47 Å². The Morgan fingerprint density at radius 3 is 2.67 bits per heavy atom. The van der Waals surface area contributed by atoms with Crippen molar-refractivity contribution >= 4 is 5.97 Å². The van der Waals surface area contributed by atoms with Crippen LogP contribution in [0.2, 0.25) is 0 Å². The number of carbonyl (C=O) groups excluding carboxylic acids is 1. The molecule has 0 aromatic heterocycles. The average molecular weight is 212 g/mol. The van der Waals surface area contributed by atoms with Crippen LogP contribution < -0.4 is 4.74 Å². The quantitative estimate of drug-likeness (QED) is 0.721. The largest absolute Gasteiger partial charge is 0.493 e. The summed E-state index contributed by atoms with van der Waals surface area (Å²) in [4.78, 5) is 11.4. The summed E-state index contributed by atoms with van der Waals surface area (Å²) in [7, 11) is 1.32. The molecule has 3 nitrogen and oxygen atoms in total. The summed E-state index contributed by atoms with van der Waals surface area (Å²) in [5, 5.41) is 0. The van der Waals surface area contributed by atoms with Crippen LogP contribution in [0, 0.1) is 12.7 Å². The first-order valence-electron chi connectivity index (χ1n) is 4.62. The van der Waals surface area contributed by atoms with Crippen molar-refractivity contribution in [1.29, 1.82) is 0 Å². The van der Waals surface area contributed by atoms with Crippen molar-refractivity contribution in [3.63, 3.8) is 0 Å². The van der Waals surface area contributed by atoms with Gasteiger partial charge in [-0.3, -0.25) is 0 Å². The molecule has 1 aromatic carbocycles. The Labute approximate surface area is 87.8 Å². The lowest BCUT2D eigenvalue weighted by Gasteiger charge is -2.09. The van der Waals surface area contributed by atoms with Gasteiger partial charge in [-0.15, -0.1) is 0 Å². The second-order valence-electron chi connectivity index (χ2n) is 3.00. The molecule has 0 spiro atoms. The minimum Gasteiger partial charge on any atom is -0.493 e. The van der Waals surface area contributed by atoms with Crippen LogP contribution >= 0.6 is 0 Å². The van der Waals surface area contributed by atoms with Crippen molar-refractivity contribution in [1.82, 2.24) is 0 Å². The van der Waals surface area contributed by atoms with Gasteiger partial charge in [0, 0.05) is 0 Å². The van der Waals surface area contributed by atoms with Gasteiger partial charge in [0.25, 0.3) is 0 Å². The first kappa shape index (κ1) is 11.5. The molecule has 0 heterocycles. The second-order valence-corrected chi connectivity index (χ2v) is 3.00. The number of hydrogen-bond donors (Lipinski definition) is 0. The standard InChI is InChI=1S/C11H13FO3/c1-4-15-11(13)8-6-5-7(2)9(12)10(8)14-3/h5-6H,4H2,1-3H3. The maximum Gasteiger partial charge on any atom is 0.342 e. The third-order valence-corrected chi connectivity index (χ3v) is 1.99. The Morgan fingerprint density at radius 1 is 1.47 bits per heavy atom. The van der Waals surface area contributed by atoms with Gasteiger partial charge in [-0.2, -0.15) is 0 Å². The van der Waals surface area contributed by atoms with E-state index in [1.165, 1.54) is 19.2 Å². The topological polar surface area (TPSA) is 35.5 Å². The fourth-order valence-electron chi connectivity index (χ4n) is 1.22. The lowest BCUT2D eigenvalue weighted by Crippen LogP contribution is -2.08. The van der Waals surface area contributed by atoms with E-state index in [1.807, 2.05) is 0 Å². The highest BCUT2D eigenvalue weighted by Crippen LogP contribution is 2.25. The van der Waals surface area contributed by atoms with Gasteiger partial charge in [0.05, 0.1) is 13.7 Å². The number of hydrogen-bond acceptors (Lipinski definition) is 3. The van der Waals surface area contributed by atoms with Gasteiger partial charge in [0.2, 0.25) is 0 Å². The zero-order valence-electron chi connectivity index (χ0n) is 8.96. The summed E-state index contributed by atoms with van der Waals surface area (Å²) in [6, 6.07) is 3.01. The van der Waals surface area contributed by atoms with Gasteiger partial charge in [0.15, 0.2) is 11.6 Å². The second kappa shape index (κ2) is 4.77. The van der Waals surface area contributed by atoms with Crippen LogP contribution in [0.3, 0.4) is 0 Å². The van der Waals surface area contributed by atoms with Gasteiger partial charge in [-0.25, -0.2) is 9.18 Å². The van der Waals surface area contributed by atoms with Crippen LogP contribution in [-0.2, 0) is 4.74 Å². The van der Waals surface area contributed by atoms with Gasteiger partial charge in [-0.1, -0.05) is 6.07 Å². The summed E-state index contributed by atoms with van der Waals surface area (Å²) in [6.07, 6.45) is 0. The Balaban J connectivity index is 3.18. The molecule has 1 aromatic rings. The molecule has 0 bridgehead atoms. The van der Waals surface area contributed by atoms with Crippen molar-refractivity contribution in [2.75, 3.05) is 13.7 Å². The summed E-state index contributed by atoms with van der Waals surface area (Å²) >= 11 is 0. The molecule has 0 unspecified atom stereocenters. The Hall–Kier alpha value is -1.58. The van der Waals surface area contributed by atoms with Gasteiger partial charge in [-0.05, 0) is 25.5 Å². The molecule has 0 N–H and O–H groups in total. The zero-order chi connectivity index (χ0) is 11.4. The molecule has 0 atom stereocenters. The number of halogens is 1. The van der Waals surface area contributed by atoms with Crippen LogP contribution in [-0.4, -0.2) is 19.7 Å². The number of aryl methyl sites for hydroxylation is 1. The molecule has 0 aliphatic rings. The van der Waals surface area contributed by atoms with Crippen LogP contribution in [0.25, 0.3) is 0 Å². The van der Waals surface area contributed by atoms with Crippen LogP contribution in [0.15, 0.2) is 12.1 Å². The predicted octanol–water partition coefficient (Wildman–Crippen LogP) is 2.32. The minimum atomic E-state index is -0.576. The summed E-state index contributed by atoms with van der Waals surface area (Å²) in [5.41, 5.74) is 0.544. The molecule has 4 heteroatoms. The molecule has 0 radical (unpaired) electrons. The molecule has 0 saturated heterocycles. The van der Waals surface area contributed by atoms with E-state index >= 15 is 0 Å². The van der Waals surface area contributed by atoms with E-state index in [4.69, 9.17) is 9.47 Å². The van der Waals surface area contributed by atoms with Crippen molar-refractivity contribution < 1.29 is 18.7 Å². The molecule has 0 aliphatic heterocycles. The molecule has 0 amide bonds.